The number of halogens is 1. The van der Waals surface area contributed by atoms with Crippen LogP contribution in [-0.2, 0) is 16.2 Å². The second-order valence-corrected chi connectivity index (χ2v) is 18.4. The normalized spacial score (nSPS) is 18.7. The number of fused-ring (bicyclic) bond motifs is 2. The van der Waals surface area contributed by atoms with Crippen LogP contribution in [0.5, 0.6) is 17.2 Å². The van der Waals surface area contributed by atoms with Gasteiger partial charge in [0.2, 0.25) is 11.8 Å². The summed E-state index contributed by atoms with van der Waals surface area (Å²) in [7, 11) is 0. The summed E-state index contributed by atoms with van der Waals surface area (Å²) in [6, 6.07) is 37.8. The lowest BCUT2D eigenvalue weighted by atomic mass is 9.88. The summed E-state index contributed by atoms with van der Waals surface area (Å²) >= 11 is 5.29. The Morgan fingerprint density at radius 3 is 2.25 bits per heavy atom. The molecule has 1 unspecified atom stereocenters. The zero-order chi connectivity index (χ0) is 41.6. The average Bonchev–Trinajstić information content (AvgIpc) is 3.74. The van der Waals surface area contributed by atoms with Crippen molar-refractivity contribution < 1.29 is 28.7 Å². The molecule has 0 spiro atoms. The maximum Gasteiger partial charge on any atom is 0.262 e. The van der Waals surface area contributed by atoms with Crippen LogP contribution >= 0.6 is 27.3 Å². The molecule has 1 aromatic heterocycles. The summed E-state index contributed by atoms with van der Waals surface area (Å²) in [5.41, 5.74) is 5.10. The largest absolute Gasteiger partial charge is 0.489 e. The van der Waals surface area contributed by atoms with E-state index in [1.165, 1.54) is 5.56 Å². The molecule has 12 heteroatoms. The molecule has 0 saturated carbocycles. The highest BCUT2D eigenvalue weighted by molar-refractivity contribution is 9.10. The Labute approximate surface area is 366 Å². The van der Waals surface area contributed by atoms with E-state index in [1.807, 2.05) is 30.3 Å². The molecule has 3 saturated heterocycles. The molecule has 4 aliphatic rings. The number of thiophene rings is 1. The van der Waals surface area contributed by atoms with Gasteiger partial charge in [-0.05, 0) is 116 Å². The quantitative estimate of drug-likeness (QED) is 0.128. The number of benzene rings is 5. The smallest absolute Gasteiger partial charge is 0.262 e. The van der Waals surface area contributed by atoms with E-state index in [1.54, 1.807) is 23.5 Å². The van der Waals surface area contributed by atoms with E-state index in [9.17, 15) is 19.2 Å². The van der Waals surface area contributed by atoms with Gasteiger partial charge in [0.15, 0.2) is 5.75 Å². The lowest BCUT2D eigenvalue weighted by Gasteiger charge is -2.44. The van der Waals surface area contributed by atoms with Crippen LogP contribution in [0.4, 0.5) is 5.69 Å². The van der Waals surface area contributed by atoms with Gasteiger partial charge in [-0.15, -0.1) is 11.3 Å². The fourth-order valence-corrected chi connectivity index (χ4v) is 10.5. The van der Waals surface area contributed by atoms with Crippen molar-refractivity contribution in [2.24, 2.45) is 5.92 Å². The van der Waals surface area contributed by atoms with Crippen molar-refractivity contribution in [3.63, 3.8) is 0 Å². The zero-order valence-corrected chi connectivity index (χ0v) is 35.8. The average molecular weight is 896 g/mol. The molecule has 61 heavy (non-hydrogen) atoms. The minimum Gasteiger partial charge on any atom is -0.489 e. The zero-order valence-electron chi connectivity index (χ0n) is 33.4. The Morgan fingerprint density at radius 2 is 1.49 bits per heavy atom. The number of hydrogen-bond donors (Lipinski definition) is 1. The van der Waals surface area contributed by atoms with Crippen LogP contribution in [0.3, 0.4) is 0 Å². The number of piperidine rings is 2. The Balaban J connectivity index is 0.742. The summed E-state index contributed by atoms with van der Waals surface area (Å²) in [5.74, 6) is 1.56. The molecule has 0 bridgehead atoms. The first-order chi connectivity index (χ1) is 29.7. The number of nitrogens with one attached hydrogen (secondary N) is 1. The third kappa shape index (κ3) is 7.95. The van der Waals surface area contributed by atoms with Crippen molar-refractivity contribution >= 4 is 66.7 Å². The first-order valence-corrected chi connectivity index (χ1v) is 22.4. The fraction of sp³-hybridized carbons (Fsp3) is 0.265. The molecule has 10 rings (SSSR count). The molecule has 4 aliphatic heterocycles. The third-order valence-corrected chi connectivity index (χ3v) is 14.1. The summed E-state index contributed by atoms with van der Waals surface area (Å²) in [6.07, 6.45) is 2.44. The number of hydrogen-bond acceptors (Lipinski definition) is 9. The first kappa shape index (κ1) is 39.3. The minimum atomic E-state index is -0.962. The van der Waals surface area contributed by atoms with Gasteiger partial charge in [0.1, 0.15) is 24.1 Å². The molecule has 308 valence electrons. The van der Waals surface area contributed by atoms with E-state index in [0.717, 1.165) is 104 Å². The van der Waals surface area contributed by atoms with Crippen molar-refractivity contribution in [3.8, 4) is 27.7 Å². The molecule has 5 heterocycles. The van der Waals surface area contributed by atoms with Crippen molar-refractivity contribution in [3.05, 3.63) is 142 Å². The molecule has 4 amide bonds. The monoisotopic (exact) mass is 894 g/mol. The molecule has 1 atom stereocenters. The van der Waals surface area contributed by atoms with E-state index in [-0.39, 0.29) is 18.7 Å². The molecule has 10 nitrogen and oxygen atoms in total. The van der Waals surface area contributed by atoms with Crippen LogP contribution in [0.2, 0.25) is 0 Å². The number of likely N-dealkylation sites (tertiary alicyclic amines) is 1. The highest BCUT2D eigenvalue weighted by Gasteiger charge is 2.45. The number of imide groups is 2. The minimum absolute atomic E-state index is 0.100. The number of carbonyl (C=O) groups excluding carboxylic acids is 4. The van der Waals surface area contributed by atoms with E-state index in [2.05, 4.69) is 104 Å². The van der Waals surface area contributed by atoms with Crippen LogP contribution in [0, 0.1) is 5.92 Å². The van der Waals surface area contributed by atoms with Gasteiger partial charge in [-0.1, -0.05) is 70.5 Å². The van der Waals surface area contributed by atoms with Crippen molar-refractivity contribution in [2.75, 3.05) is 37.6 Å². The third-order valence-electron chi connectivity index (χ3n) is 12.4. The number of amides is 4. The van der Waals surface area contributed by atoms with Gasteiger partial charge in [0.05, 0.1) is 16.0 Å². The predicted molar refractivity (Wildman–Crippen MR) is 239 cm³/mol. The highest BCUT2D eigenvalue weighted by atomic mass is 79.9. The van der Waals surface area contributed by atoms with Crippen LogP contribution < -0.4 is 19.7 Å². The van der Waals surface area contributed by atoms with E-state index in [4.69, 9.17) is 9.47 Å². The Kier molecular flexibility index (Phi) is 10.7. The highest BCUT2D eigenvalue weighted by Crippen LogP contribution is 2.48. The van der Waals surface area contributed by atoms with Gasteiger partial charge in [-0.25, -0.2) is 0 Å². The van der Waals surface area contributed by atoms with Crippen molar-refractivity contribution in [2.45, 2.75) is 44.2 Å². The van der Waals surface area contributed by atoms with E-state index in [0.29, 0.717) is 29.6 Å². The predicted octanol–water partition coefficient (Wildman–Crippen LogP) is 9.42. The molecule has 5 aromatic carbocycles. The SMILES string of the molecule is O=C1CCC(N2C(=O)c3ccc(N4CC(CN5CCC(c6ccc(Oc7c(-c8ccc(Br)cc8)sc8cc(OCc9ccccc9)ccc78)cc6)CC5)C4)cc3C2=O)C(=O)N1. The van der Waals surface area contributed by atoms with Gasteiger partial charge >= 0.3 is 0 Å². The maximum atomic E-state index is 13.3. The molecule has 3 fully saturated rings. The second-order valence-electron chi connectivity index (χ2n) is 16.4. The molecule has 0 aliphatic carbocycles. The summed E-state index contributed by atoms with van der Waals surface area (Å²) in [6.45, 7) is 5.38. The van der Waals surface area contributed by atoms with Crippen molar-refractivity contribution in [1.29, 1.82) is 0 Å². The summed E-state index contributed by atoms with van der Waals surface area (Å²) in [4.78, 5) is 57.5. The van der Waals surface area contributed by atoms with Gasteiger partial charge in [-0.3, -0.25) is 29.4 Å². The number of nitrogens with zero attached hydrogens (tertiary/aromatic N) is 3. The Hall–Kier alpha value is -5.82. The molecule has 6 aromatic rings. The lowest BCUT2D eigenvalue weighted by molar-refractivity contribution is -0.136. The number of ether oxygens (including phenoxy) is 2. The fourth-order valence-electron chi connectivity index (χ4n) is 9.07. The second kappa shape index (κ2) is 16.6. The van der Waals surface area contributed by atoms with Crippen LogP contribution in [-0.4, -0.2) is 72.2 Å². The van der Waals surface area contributed by atoms with Gasteiger partial charge in [-0.2, -0.15) is 0 Å². The number of carbonyl (C=O) groups is 4. The lowest BCUT2D eigenvalue weighted by Crippen LogP contribution is -2.54. The molecular weight excluding hydrogens is 853 g/mol. The van der Waals surface area contributed by atoms with Gasteiger partial charge < -0.3 is 19.3 Å². The molecule has 1 N–H and O–H groups in total. The maximum absolute atomic E-state index is 13.3. The number of anilines is 1. The van der Waals surface area contributed by atoms with Gasteiger partial charge in [0.25, 0.3) is 11.8 Å². The number of rotatable bonds is 11. The van der Waals surface area contributed by atoms with E-state index >= 15 is 0 Å². The first-order valence-electron chi connectivity index (χ1n) is 20.8. The van der Waals surface area contributed by atoms with E-state index < -0.39 is 23.8 Å². The van der Waals surface area contributed by atoms with Gasteiger partial charge in [0, 0.05) is 52.2 Å². The summed E-state index contributed by atoms with van der Waals surface area (Å²) < 4.78 is 15.0. The van der Waals surface area contributed by atoms with Crippen LogP contribution in [0.25, 0.3) is 20.5 Å². The topological polar surface area (TPSA) is 108 Å². The Morgan fingerprint density at radius 1 is 0.754 bits per heavy atom. The Bertz CT molecular complexity index is 2650. The van der Waals surface area contributed by atoms with Crippen LogP contribution in [0.1, 0.15) is 63.4 Å². The van der Waals surface area contributed by atoms with Crippen LogP contribution in [0.15, 0.2) is 120 Å². The molecular formula is C49H43BrN4O6S. The standard InChI is InChI=1S/C49H43BrN4O6S/c50-35-10-6-34(7-11-35)46-45(40-17-15-38(25-43(40)61-46)59-29-30-4-2-1-3-5-30)60-37-13-8-32(9-14-37)33-20-22-52(23-21-33)26-31-27-53(28-31)36-12-16-39-41(24-36)49(58)54(48(39)57)42-18-19-44(55)51-47(42)56/h1-17,24-25,31,33,42H,18-23,26-29H2,(H,51,55,56). The summed E-state index contributed by atoms with van der Waals surface area (Å²) in [5, 5.41) is 3.31. The van der Waals surface area contributed by atoms with Crippen molar-refractivity contribution in [1.82, 2.24) is 15.1 Å². The molecule has 0 radical (unpaired) electrons.